The third kappa shape index (κ3) is 4.82. The van der Waals surface area contributed by atoms with Crippen LogP contribution in [0.1, 0.15) is 15.9 Å². The van der Waals surface area contributed by atoms with Crippen LogP contribution in [0.2, 0.25) is 0 Å². The monoisotopic (exact) mass is 332 g/mol. The minimum Gasteiger partial charge on any atom is -0.350 e. The third-order valence-electron chi connectivity index (χ3n) is 3.36. The van der Waals surface area contributed by atoms with Crippen molar-refractivity contribution in [2.45, 2.75) is 6.92 Å². The van der Waals surface area contributed by atoms with Crippen molar-refractivity contribution in [3.63, 3.8) is 0 Å². The fourth-order valence-electron chi connectivity index (χ4n) is 2.16. The molecular formula is C17H20N2O3S. The Morgan fingerprint density at radius 2 is 1.65 bits per heavy atom. The molecule has 0 aliphatic heterocycles. The number of rotatable bonds is 6. The van der Waals surface area contributed by atoms with Crippen molar-refractivity contribution in [2.24, 2.45) is 0 Å². The van der Waals surface area contributed by atoms with Crippen LogP contribution in [0.3, 0.4) is 0 Å². The normalized spacial score (nSPS) is 11.0. The molecule has 2 rings (SSSR count). The second-order valence-corrected chi connectivity index (χ2v) is 7.20. The summed E-state index contributed by atoms with van der Waals surface area (Å²) in [6.45, 7) is 2.35. The van der Waals surface area contributed by atoms with Crippen LogP contribution in [-0.2, 0) is 10.0 Å². The Bertz CT molecular complexity index is 756. The molecule has 1 N–H and O–H groups in total. The molecule has 0 unspecified atom stereocenters. The van der Waals surface area contributed by atoms with E-state index in [2.05, 4.69) is 5.32 Å². The van der Waals surface area contributed by atoms with E-state index < -0.39 is 10.0 Å². The number of anilines is 1. The fraction of sp³-hybridized carbons (Fsp3) is 0.235. The Hall–Kier alpha value is -2.34. The summed E-state index contributed by atoms with van der Waals surface area (Å²) >= 11 is 0. The predicted octanol–water partition coefficient (Wildman–Crippen LogP) is 2.19. The summed E-state index contributed by atoms with van der Waals surface area (Å²) in [4.78, 5) is 12.0. The van der Waals surface area contributed by atoms with Gasteiger partial charge in [-0.3, -0.25) is 9.10 Å². The van der Waals surface area contributed by atoms with Crippen LogP contribution in [0.15, 0.2) is 54.6 Å². The van der Waals surface area contributed by atoms with Crippen LogP contribution in [0.4, 0.5) is 5.69 Å². The SMILES string of the molecule is Cc1ccc(N(CCNC(=O)c2ccccc2)S(C)(=O)=O)cc1. The van der Waals surface area contributed by atoms with Gasteiger partial charge in [-0.1, -0.05) is 35.9 Å². The molecule has 0 saturated heterocycles. The van der Waals surface area contributed by atoms with Gasteiger partial charge in [0, 0.05) is 12.1 Å². The molecule has 2 aromatic rings. The quantitative estimate of drug-likeness (QED) is 0.882. The molecule has 0 radical (unpaired) electrons. The van der Waals surface area contributed by atoms with Crippen molar-refractivity contribution in [3.8, 4) is 0 Å². The highest BCUT2D eigenvalue weighted by Crippen LogP contribution is 2.17. The van der Waals surface area contributed by atoms with Crippen molar-refractivity contribution in [3.05, 3.63) is 65.7 Å². The van der Waals surface area contributed by atoms with E-state index in [1.165, 1.54) is 4.31 Å². The van der Waals surface area contributed by atoms with Gasteiger partial charge in [-0.05, 0) is 31.2 Å². The molecule has 0 spiro atoms. The van der Waals surface area contributed by atoms with Crippen LogP contribution in [-0.4, -0.2) is 33.7 Å². The number of aryl methyl sites for hydroxylation is 1. The highest BCUT2D eigenvalue weighted by atomic mass is 32.2. The number of amides is 1. The minimum absolute atomic E-state index is 0.181. The van der Waals surface area contributed by atoms with Crippen molar-refractivity contribution < 1.29 is 13.2 Å². The average molecular weight is 332 g/mol. The van der Waals surface area contributed by atoms with Crippen molar-refractivity contribution in [1.29, 1.82) is 0 Å². The van der Waals surface area contributed by atoms with Gasteiger partial charge in [-0.2, -0.15) is 0 Å². The number of hydrogen-bond acceptors (Lipinski definition) is 3. The van der Waals surface area contributed by atoms with Gasteiger partial charge < -0.3 is 5.32 Å². The fourth-order valence-corrected chi connectivity index (χ4v) is 3.09. The predicted molar refractivity (Wildman–Crippen MR) is 92.1 cm³/mol. The van der Waals surface area contributed by atoms with Crippen molar-refractivity contribution in [1.82, 2.24) is 5.32 Å². The summed E-state index contributed by atoms with van der Waals surface area (Å²) in [5, 5.41) is 2.74. The van der Waals surface area contributed by atoms with Gasteiger partial charge in [0.2, 0.25) is 10.0 Å². The molecule has 0 aromatic heterocycles. The Kier molecular flexibility index (Phi) is 5.39. The van der Waals surface area contributed by atoms with E-state index in [4.69, 9.17) is 0 Å². The standard InChI is InChI=1S/C17H20N2O3S/c1-14-8-10-16(11-9-14)19(23(2,21)22)13-12-18-17(20)15-6-4-3-5-7-15/h3-11H,12-13H2,1-2H3,(H,18,20). The van der Waals surface area contributed by atoms with Crippen molar-refractivity contribution >= 4 is 21.6 Å². The topological polar surface area (TPSA) is 66.5 Å². The van der Waals surface area contributed by atoms with E-state index in [-0.39, 0.29) is 19.0 Å². The largest absolute Gasteiger partial charge is 0.350 e. The Morgan fingerprint density at radius 1 is 1.04 bits per heavy atom. The maximum atomic E-state index is 12.0. The summed E-state index contributed by atoms with van der Waals surface area (Å²) in [5.74, 6) is -0.219. The third-order valence-corrected chi connectivity index (χ3v) is 4.55. The molecule has 0 heterocycles. The highest BCUT2D eigenvalue weighted by molar-refractivity contribution is 7.92. The van der Waals surface area contributed by atoms with Crippen LogP contribution < -0.4 is 9.62 Å². The lowest BCUT2D eigenvalue weighted by atomic mass is 10.2. The van der Waals surface area contributed by atoms with Gasteiger partial charge in [0.05, 0.1) is 18.5 Å². The number of carbonyl (C=O) groups is 1. The van der Waals surface area contributed by atoms with Crippen molar-refractivity contribution in [2.75, 3.05) is 23.7 Å². The Balaban J connectivity index is 2.02. The number of carbonyl (C=O) groups excluding carboxylic acids is 1. The summed E-state index contributed by atoms with van der Waals surface area (Å²) in [6.07, 6.45) is 1.16. The summed E-state index contributed by atoms with van der Waals surface area (Å²) in [7, 11) is -3.41. The van der Waals surface area contributed by atoms with Crippen LogP contribution in [0.25, 0.3) is 0 Å². The Labute approximate surface area is 137 Å². The van der Waals surface area contributed by atoms with Gasteiger partial charge in [0.25, 0.3) is 5.91 Å². The first-order valence-electron chi connectivity index (χ1n) is 7.25. The zero-order valence-corrected chi connectivity index (χ0v) is 14.0. The molecule has 0 fully saturated rings. The highest BCUT2D eigenvalue weighted by Gasteiger charge is 2.17. The van der Waals surface area contributed by atoms with E-state index in [9.17, 15) is 13.2 Å². The van der Waals surface area contributed by atoms with Gasteiger partial charge in [0.1, 0.15) is 0 Å². The smallest absolute Gasteiger partial charge is 0.251 e. The van der Waals surface area contributed by atoms with E-state index in [0.29, 0.717) is 11.3 Å². The first-order chi connectivity index (χ1) is 10.9. The number of hydrogen-bond donors (Lipinski definition) is 1. The lowest BCUT2D eigenvalue weighted by molar-refractivity contribution is 0.0955. The van der Waals surface area contributed by atoms with Gasteiger partial charge >= 0.3 is 0 Å². The van der Waals surface area contributed by atoms with E-state index in [0.717, 1.165) is 11.8 Å². The van der Waals surface area contributed by atoms with Gasteiger partial charge in [-0.15, -0.1) is 0 Å². The molecule has 5 nitrogen and oxygen atoms in total. The van der Waals surface area contributed by atoms with Gasteiger partial charge in [0.15, 0.2) is 0 Å². The zero-order chi connectivity index (χ0) is 16.9. The molecule has 0 atom stereocenters. The van der Waals surface area contributed by atoms with Crippen LogP contribution >= 0.6 is 0 Å². The maximum absolute atomic E-state index is 12.0. The number of sulfonamides is 1. The van der Waals surface area contributed by atoms with Crippen LogP contribution in [0, 0.1) is 6.92 Å². The molecule has 2 aromatic carbocycles. The summed E-state index contributed by atoms with van der Waals surface area (Å²) in [5.41, 5.74) is 2.19. The lowest BCUT2D eigenvalue weighted by Gasteiger charge is -2.22. The molecule has 0 aliphatic rings. The first kappa shape index (κ1) is 17.0. The average Bonchev–Trinajstić information content (AvgIpc) is 2.52. The second-order valence-electron chi connectivity index (χ2n) is 5.29. The second kappa shape index (κ2) is 7.28. The minimum atomic E-state index is -3.41. The Morgan fingerprint density at radius 3 is 2.22 bits per heavy atom. The molecule has 1 amide bonds. The molecular weight excluding hydrogens is 312 g/mol. The maximum Gasteiger partial charge on any atom is 0.251 e. The molecule has 0 aliphatic carbocycles. The number of nitrogens with one attached hydrogen (secondary N) is 1. The number of nitrogens with zero attached hydrogens (tertiary/aromatic N) is 1. The molecule has 0 saturated carbocycles. The number of benzene rings is 2. The van der Waals surface area contributed by atoms with E-state index in [1.54, 1.807) is 36.4 Å². The first-order valence-corrected chi connectivity index (χ1v) is 9.10. The molecule has 6 heteroatoms. The molecule has 122 valence electrons. The van der Waals surface area contributed by atoms with E-state index >= 15 is 0 Å². The summed E-state index contributed by atoms with van der Waals surface area (Å²) in [6, 6.07) is 16.1. The van der Waals surface area contributed by atoms with Gasteiger partial charge in [-0.25, -0.2) is 8.42 Å². The molecule has 0 bridgehead atoms. The van der Waals surface area contributed by atoms with E-state index in [1.807, 2.05) is 25.1 Å². The molecule has 23 heavy (non-hydrogen) atoms. The zero-order valence-electron chi connectivity index (χ0n) is 13.2. The summed E-state index contributed by atoms with van der Waals surface area (Å²) < 4.78 is 25.2. The van der Waals surface area contributed by atoms with Crippen LogP contribution in [0.5, 0.6) is 0 Å². The lowest BCUT2D eigenvalue weighted by Crippen LogP contribution is -2.38.